The van der Waals surface area contributed by atoms with Crippen LogP contribution in [0.25, 0.3) is 11.1 Å². The number of rotatable bonds is 6. The molecule has 3 nitrogen and oxygen atoms in total. The molecular weight excluding hydrogens is 410 g/mol. The summed E-state index contributed by atoms with van der Waals surface area (Å²) in [6.07, 6.45) is -1.29. The van der Waals surface area contributed by atoms with Crippen molar-refractivity contribution in [2.75, 3.05) is 26.2 Å². The van der Waals surface area contributed by atoms with E-state index in [4.69, 9.17) is 4.74 Å². The number of halogens is 4. The zero-order valence-corrected chi connectivity index (χ0v) is 17.3. The van der Waals surface area contributed by atoms with E-state index in [1.54, 1.807) is 24.3 Å². The topological polar surface area (TPSA) is 32.7 Å². The summed E-state index contributed by atoms with van der Waals surface area (Å²) in [5.74, 6) is 0.382. The Labute approximate surface area is 179 Å². The van der Waals surface area contributed by atoms with E-state index >= 15 is 0 Å². The van der Waals surface area contributed by atoms with Gasteiger partial charge in [-0.3, -0.25) is 0 Å². The van der Waals surface area contributed by atoms with Crippen molar-refractivity contribution in [3.63, 3.8) is 0 Å². The van der Waals surface area contributed by atoms with E-state index in [0.29, 0.717) is 48.9 Å². The lowest BCUT2D eigenvalue weighted by Crippen LogP contribution is -2.53. The van der Waals surface area contributed by atoms with Gasteiger partial charge in [0.2, 0.25) is 0 Å². The van der Waals surface area contributed by atoms with Crippen molar-refractivity contribution in [1.29, 1.82) is 0 Å². The molecule has 2 aromatic rings. The zero-order valence-electron chi connectivity index (χ0n) is 17.3. The van der Waals surface area contributed by atoms with Crippen LogP contribution >= 0.6 is 0 Å². The maximum atomic E-state index is 14.0. The van der Waals surface area contributed by atoms with Crippen molar-refractivity contribution < 1.29 is 27.4 Å². The Morgan fingerprint density at radius 1 is 1.03 bits per heavy atom. The minimum Gasteiger partial charge on any atom is -0.508 e. The van der Waals surface area contributed by atoms with Crippen LogP contribution in [0.3, 0.4) is 0 Å². The second-order valence-electron chi connectivity index (χ2n) is 8.85. The number of phenols is 1. The molecule has 7 heteroatoms. The third-order valence-electron chi connectivity index (χ3n) is 6.75. The largest absolute Gasteiger partial charge is 0.508 e. The van der Waals surface area contributed by atoms with Crippen molar-refractivity contribution in [3.8, 4) is 22.6 Å². The molecule has 0 atom stereocenters. The molecule has 1 saturated carbocycles. The van der Waals surface area contributed by atoms with Crippen LogP contribution in [0.15, 0.2) is 42.5 Å². The summed E-state index contributed by atoms with van der Waals surface area (Å²) in [4.78, 5) is 1.96. The lowest BCUT2D eigenvalue weighted by Gasteiger charge is -2.47. The van der Waals surface area contributed by atoms with Crippen molar-refractivity contribution in [2.45, 2.75) is 38.3 Å². The van der Waals surface area contributed by atoms with Crippen LogP contribution in [0.5, 0.6) is 11.5 Å². The maximum Gasteiger partial charge on any atom is 0.395 e. The quantitative estimate of drug-likeness (QED) is 0.561. The first-order valence-corrected chi connectivity index (χ1v) is 10.8. The molecule has 0 amide bonds. The Kier molecular flexibility index (Phi) is 6.15. The van der Waals surface area contributed by atoms with Gasteiger partial charge in [0.1, 0.15) is 17.3 Å². The molecular formula is C24H27F4NO2. The first kappa shape index (κ1) is 21.9. The molecule has 31 heavy (non-hydrogen) atoms. The number of phenolic OH excluding ortho intramolecular Hbond substituents is 1. The normalized spacial score (nSPS) is 19.7. The van der Waals surface area contributed by atoms with Gasteiger partial charge in [-0.25, -0.2) is 4.39 Å². The number of hydrogen-bond donors (Lipinski definition) is 1. The van der Waals surface area contributed by atoms with Crippen LogP contribution in [-0.2, 0) is 0 Å². The average Bonchev–Trinajstić information content (AvgIpc) is 2.70. The fourth-order valence-corrected chi connectivity index (χ4v) is 4.56. The van der Waals surface area contributed by atoms with Gasteiger partial charge in [-0.15, -0.1) is 0 Å². The molecule has 0 radical (unpaired) electrons. The highest BCUT2D eigenvalue weighted by Crippen LogP contribution is 2.53. The molecule has 0 spiro atoms. The second-order valence-corrected chi connectivity index (χ2v) is 8.85. The van der Waals surface area contributed by atoms with Gasteiger partial charge in [0, 0.05) is 18.2 Å². The van der Waals surface area contributed by atoms with Crippen LogP contribution < -0.4 is 4.74 Å². The Hall–Kier alpha value is -2.28. The Balaban J connectivity index is 1.25. The average molecular weight is 437 g/mol. The SMILES string of the molecule is Oc1ccc(-c2ccc(OCC3CCN(CC4(C(F)(F)F)CCC4)CC3)cc2)c(F)c1. The number of alkyl halides is 3. The van der Waals surface area contributed by atoms with E-state index in [9.17, 15) is 22.7 Å². The number of likely N-dealkylation sites (tertiary alicyclic amines) is 1. The van der Waals surface area contributed by atoms with Gasteiger partial charge in [-0.2, -0.15) is 13.2 Å². The smallest absolute Gasteiger partial charge is 0.395 e. The van der Waals surface area contributed by atoms with E-state index in [1.807, 2.05) is 4.90 Å². The van der Waals surface area contributed by atoms with E-state index in [1.165, 1.54) is 12.1 Å². The van der Waals surface area contributed by atoms with Crippen LogP contribution in [0.4, 0.5) is 17.6 Å². The van der Waals surface area contributed by atoms with Crippen molar-refractivity contribution in [2.24, 2.45) is 11.3 Å². The van der Waals surface area contributed by atoms with Gasteiger partial charge >= 0.3 is 6.18 Å². The lowest BCUT2D eigenvalue weighted by atomic mass is 9.67. The maximum absolute atomic E-state index is 14.0. The van der Waals surface area contributed by atoms with Gasteiger partial charge in [0.05, 0.1) is 12.0 Å². The summed E-state index contributed by atoms with van der Waals surface area (Å²) >= 11 is 0. The second kappa shape index (κ2) is 8.69. The fourth-order valence-electron chi connectivity index (χ4n) is 4.56. The summed E-state index contributed by atoms with van der Waals surface area (Å²) in [7, 11) is 0. The summed E-state index contributed by atoms with van der Waals surface area (Å²) in [6.45, 7) is 1.99. The molecule has 0 unspecified atom stereocenters. The number of hydrogen-bond acceptors (Lipinski definition) is 3. The molecule has 1 aliphatic heterocycles. The Morgan fingerprint density at radius 3 is 2.26 bits per heavy atom. The first-order valence-electron chi connectivity index (χ1n) is 10.8. The number of nitrogens with zero attached hydrogens (tertiary/aromatic N) is 1. The summed E-state index contributed by atoms with van der Waals surface area (Å²) in [5, 5.41) is 9.33. The van der Waals surface area contributed by atoms with E-state index in [0.717, 1.165) is 18.9 Å². The van der Waals surface area contributed by atoms with Crippen molar-refractivity contribution in [1.82, 2.24) is 4.90 Å². The van der Waals surface area contributed by atoms with Crippen LogP contribution in [-0.4, -0.2) is 42.4 Å². The van der Waals surface area contributed by atoms with E-state index in [2.05, 4.69) is 0 Å². The minimum absolute atomic E-state index is 0.117. The van der Waals surface area contributed by atoms with Gasteiger partial charge in [-0.1, -0.05) is 18.6 Å². The van der Waals surface area contributed by atoms with Crippen molar-refractivity contribution >= 4 is 0 Å². The van der Waals surface area contributed by atoms with Gasteiger partial charge in [0.15, 0.2) is 0 Å². The number of ether oxygens (including phenoxy) is 1. The molecule has 1 heterocycles. The van der Waals surface area contributed by atoms with Gasteiger partial charge < -0.3 is 14.7 Å². The molecule has 2 aliphatic rings. The van der Waals surface area contributed by atoms with Gasteiger partial charge in [0.25, 0.3) is 0 Å². The molecule has 1 N–H and O–H groups in total. The Morgan fingerprint density at radius 2 is 1.71 bits per heavy atom. The number of aromatic hydroxyl groups is 1. The summed E-state index contributed by atoms with van der Waals surface area (Å²) < 4.78 is 60.1. The molecule has 0 aromatic heterocycles. The Bertz CT molecular complexity index is 885. The summed E-state index contributed by atoms with van der Waals surface area (Å²) in [5.41, 5.74) is -0.401. The zero-order chi connectivity index (χ0) is 22.1. The predicted molar refractivity (Wildman–Crippen MR) is 110 cm³/mol. The highest BCUT2D eigenvalue weighted by Gasteiger charge is 2.58. The lowest BCUT2D eigenvalue weighted by molar-refractivity contribution is -0.256. The first-order chi connectivity index (χ1) is 14.8. The number of piperidine rings is 1. The standard InChI is InChI=1S/C24H27F4NO2/c25-22-14-19(30)4-7-21(22)18-2-5-20(6-3-18)31-15-17-8-12-29(13-9-17)16-23(10-1-11-23)24(26,27)28/h2-7,14,17,30H,1,8-13,15-16H2. The highest BCUT2D eigenvalue weighted by atomic mass is 19.4. The number of benzene rings is 2. The summed E-state index contributed by atoms with van der Waals surface area (Å²) in [6, 6.07) is 11.1. The molecule has 2 aromatic carbocycles. The monoisotopic (exact) mass is 437 g/mol. The molecule has 0 bridgehead atoms. The van der Waals surface area contributed by atoms with Gasteiger partial charge in [-0.05, 0) is 74.5 Å². The molecule has 2 fully saturated rings. The van der Waals surface area contributed by atoms with Crippen LogP contribution in [0, 0.1) is 17.2 Å². The molecule has 168 valence electrons. The van der Waals surface area contributed by atoms with Crippen LogP contribution in [0.2, 0.25) is 0 Å². The minimum atomic E-state index is -4.11. The predicted octanol–water partition coefficient (Wildman–Crippen LogP) is 6.02. The van der Waals surface area contributed by atoms with Crippen LogP contribution in [0.1, 0.15) is 32.1 Å². The molecule has 1 saturated heterocycles. The van der Waals surface area contributed by atoms with Crippen molar-refractivity contribution in [3.05, 3.63) is 48.3 Å². The van der Waals surface area contributed by atoms with E-state index < -0.39 is 17.4 Å². The third-order valence-corrected chi connectivity index (χ3v) is 6.75. The highest BCUT2D eigenvalue weighted by molar-refractivity contribution is 5.65. The fraction of sp³-hybridized carbons (Fsp3) is 0.500. The molecule has 1 aliphatic carbocycles. The molecule has 4 rings (SSSR count). The third kappa shape index (κ3) is 4.81. The van der Waals surface area contributed by atoms with E-state index in [-0.39, 0.29) is 25.1 Å².